The smallest absolute Gasteiger partial charge is 0.246 e. The fraction of sp³-hybridized carbons (Fsp3) is 0.400. The van der Waals surface area contributed by atoms with Gasteiger partial charge in [0.2, 0.25) is 17.7 Å². The van der Waals surface area contributed by atoms with Crippen LogP contribution in [0, 0.1) is 11.8 Å². The molecule has 3 aromatic rings. The van der Waals surface area contributed by atoms with Crippen LogP contribution in [0.2, 0.25) is 0 Å². The van der Waals surface area contributed by atoms with Crippen LogP contribution >= 0.6 is 0 Å². The second kappa shape index (κ2) is 12.1. The first-order chi connectivity index (χ1) is 21.3. The number of hydrogen-bond donors (Lipinski definition) is 3. The van der Waals surface area contributed by atoms with Gasteiger partial charge in [0.25, 0.3) is 0 Å². The van der Waals surface area contributed by atoms with Gasteiger partial charge in [0.05, 0.1) is 36.7 Å². The third-order valence-corrected chi connectivity index (χ3v) is 9.41. The van der Waals surface area contributed by atoms with E-state index in [9.17, 15) is 19.5 Å². The predicted octanol–water partition coefficient (Wildman–Crippen LogP) is 3.71. The molecule has 9 nitrogen and oxygen atoms in total. The molecule has 3 aliphatic heterocycles. The summed E-state index contributed by atoms with van der Waals surface area (Å²) in [6, 6.07) is 24.5. The Labute approximate surface area is 257 Å². The van der Waals surface area contributed by atoms with Crippen molar-refractivity contribution >= 4 is 23.4 Å². The summed E-state index contributed by atoms with van der Waals surface area (Å²) in [6.45, 7) is 4.24. The largest absolute Gasteiger partial charge is 0.494 e. The van der Waals surface area contributed by atoms with Crippen molar-refractivity contribution in [1.29, 1.82) is 0 Å². The molecule has 3 heterocycles. The van der Waals surface area contributed by atoms with E-state index in [2.05, 4.69) is 10.6 Å². The third-order valence-electron chi connectivity index (χ3n) is 9.41. The number of fused-ring (bicyclic) bond motifs is 1. The van der Waals surface area contributed by atoms with E-state index in [0.717, 1.165) is 11.1 Å². The lowest BCUT2D eigenvalue weighted by Crippen LogP contribution is -2.58. The molecule has 230 valence electrons. The molecule has 0 saturated carbocycles. The first kappa shape index (κ1) is 29.8. The van der Waals surface area contributed by atoms with Gasteiger partial charge in [-0.05, 0) is 68.5 Å². The zero-order chi connectivity index (χ0) is 30.9. The van der Waals surface area contributed by atoms with Crippen LogP contribution < -0.4 is 15.4 Å². The molecule has 3 N–H and O–H groups in total. The van der Waals surface area contributed by atoms with Gasteiger partial charge in [0, 0.05) is 12.2 Å². The molecule has 1 spiro atoms. The van der Waals surface area contributed by atoms with Crippen LogP contribution in [-0.2, 0) is 32.1 Å². The number of aliphatic hydroxyl groups excluding tert-OH is 1. The SMILES string of the molecule is CCOc1ccc(NC(=O)[C@H]2[C@H]3C(=O)N([C@@H](CO)Cc4ccccc4)C(C(=O)NCc4ccccc4)C34CC[C@]2(C)O4)cc1. The van der Waals surface area contributed by atoms with E-state index in [1.54, 1.807) is 24.3 Å². The Hall–Kier alpha value is -4.21. The fourth-order valence-corrected chi connectivity index (χ4v) is 7.50. The number of anilines is 1. The summed E-state index contributed by atoms with van der Waals surface area (Å²) in [5.41, 5.74) is 0.311. The molecule has 0 aromatic heterocycles. The highest BCUT2D eigenvalue weighted by Gasteiger charge is 2.78. The fourth-order valence-electron chi connectivity index (χ4n) is 7.50. The quantitative estimate of drug-likeness (QED) is 0.310. The van der Waals surface area contributed by atoms with E-state index in [1.807, 2.05) is 74.5 Å². The number of ether oxygens (including phenoxy) is 2. The molecule has 3 amide bonds. The minimum atomic E-state index is -1.20. The second-order valence-corrected chi connectivity index (χ2v) is 12.1. The number of benzene rings is 3. The minimum absolute atomic E-state index is 0.278. The molecule has 0 radical (unpaired) electrons. The Bertz CT molecular complexity index is 1500. The van der Waals surface area contributed by atoms with Gasteiger partial charge < -0.3 is 30.1 Å². The summed E-state index contributed by atoms with van der Waals surface area (Å²) >= 11 is 0. The van der Waals surface area contributed by atoms with E-state index in [0.29, 0.717) is 37.3 Å². The zero-order valence-electron chi connectivity index (χ0n) is 25.1. The number of nitrogens with zero attached hydrogens (tertiary/aromatic N) is 1. The Morgan fingerprint density at radius 2 is 1.64 bits per heavy atom. The molecular formula is C35H39N3O6. The Kier molecular flexibility index (Phi) is 8.18. The molecule has 44 heavy (non-hydrogen) atoms. The van der Waals surface area contributed by atoms with E-state index in [-0.39, 0.29) is 30.9 Å². The predicted molar refractivity (Wildman–Crippen MR) is 165 cm³/mol. The van der Waals surface area contributed by atoms with Crippen molar-refractivity contribution in [2.75, 3.05) is 18.5 Å². The van der Waals surface area contributed by atoms with Gasteiger partial charge in [-0.1, -0.05) is 60.7 Å². The molecule has 2 bridgehead atoms. The number of rotatable bonds is 11. The molecule has 3 aromatic carbocycles. The molecule has 3 aliphatic rings. The lowest BCUT2D eigenvalue weighted by Gasteiger charge is -2.37. The second-order valence-electron chi connectivity index (χ2n) is 12.1. The summed E-state index contributed by atoms with van der Waals surface area (Å²) in [6.07, 6.45) is 1.34. The maximum absolute atomic E-state index is 14.5. The van der Waals surface area contributed by atoms with Gasteiger partial charge in [0.15, 0.2) is 0 Å². The normalized spacial score (nSPS) is 27.6. The summed E-state index contributed by atoms with van der Waals surface area (Å²) in [5.74, 6) is -2.02. The highest BCUT2D eigenvalue weighted by molar-refractivity contribution is 6.02. The maximum Gasteiger partial charge on any atom is 0.246 e. The van der Waals surface area contributed by atoms with Crippen LogP contribution in [0.5, 0.6) is 5.75 Å². The van der Waals surface area contributed by atoms with Crippen LogP contribution in [0.25, 0.3) is 0 Å². The van der Waals surface area contributed by atoms with Crippen LogP contribution in [0.4, 0.5) is 5.69 Å². The van der Waals surface area contributed by atoms with E-state index >= 15 is 0 Å². The number of carbonyl (C=O) groups excluding carboxylic acids is 3. The zero-order valence-corrected chi connectivity index (χ0v) is 25.1. The molecule has 2 unspecified atom stereocenters. The summed E-state index contributed by atoms with van der Waals surface area (Å²) in [7, 11) is 0. The number of carbonyl (C=O) groups is 3. The van der Waals surface area contributed by atoms with Crippen LogP contribution in [0.1, 0.15) is 37.8 Å². The van der Waals surface area contributed by atoms with Gasteiger partial charge in [-0.25, -0.2) is 0 Å². The van der Waals surface area contributed by atoms with Crippen molar-refractivity contribution in [3.8, 4) is 5.75 Å². The molecule has 6 rings (SSSR count). The van der Waals surface area contributed by atoms with Crippen LogP contribution in [-0.4, -0.2) is 64.2 Å². The molecule has 9 heteroatoms. The van der Waals surface area contributed by atoms with Gasteiger partial charge in [0.1, 0.15) is 17.4 Å². The first-order valence-corrected chi connectivity index (χ1v) is 15.3. The minimum Gasteiger partial charge on any atom is -0.494 e. The Balaban J connectivity index is 1.33. The van der Waals surface area contributed by atoms with Gasteiger partial charge in [-0.2, -0.15) is 0 Å². The third kappa shape index (κ3) is 5.24. The van der Waals surface area contributed by atoms with Crippen molar-refractivity contribution < 1.29 is 29.0 Å². The molecule has 0 aliphatic carbocycles. The van der Waals surface area contributed by atoms with Crippen LogP contribution in [0.15, 0.2) is 84.9 Å². The van der Waals surface area contributed by atoms with Crippen molar-refractivity contribution in [3.05, 3.63) is 96.1 Å². The number of hydrogen-bond acceptors (Lipinski definition) is 6. The van der Waals surface area contributed by atoms with E-state index in [1.165, 1.54) is 4.90 Å². The topological polar surface area (TPSA) is 117 Å². The number of nitrogens with one attached hydrogen (secondary N) is 2. The van der Waals surface area contributed by atoms with Crippen LogP contribution in [0.3, 0.4) is 0 Å². The van der Waals surface area contributed by atoms with Crippen molar-refractivity contribution in [2.24, 2.45) is 11.8 Å². The molecule has 6 atom stereocenters. The average Bonchev–Trinajstić information content (AvgIpc) is 3.61. The Morgan fingerprint density at radius 3 is 2.27 bits per heavy atom. The molecule has 3 saturated heterocycles. The Morgan fingerprint density at radius 1 is 0.977 bits per heavy atom. The summed E-state index contributed by atoms with van der Waals surface area (Å²) in [4.78, 5) is 44.2. The molecule has 3 fully saturated rings. The lowest BCUT2D eigenvalue weighted by atomic mass is 9.66. The first-order valence-electron chi connectivity index (χ1n) is 15.3. The summed E-state index contributed by atoms with van der Waals surface area (Å²) < 4.78 is 12.3. The van der Waals surface area contributed by atoms with Gasteiger partial charge in [-0.3, -0.25) is 14.4 Å². The van der Waals surface area contributed by atoms with E-state index in [4.69, 9.17) is 9.47 Å². The van der Waals surface area contributed by atoms with Crippen molar-refractivity contribution in [1.82, 2.24) is 10.2 Å². The monoisotopic (exact) mass is 597 g/mol. The number of amides is 3. The maximum atomic E-state index is 14.5. The standard InChI is InChI=1S/C35H39N3O6/c1-3-43-27-16-14-25(15-17-27)37-31(40)28-29-33(42)38(26(22-39)20-23-10-6-4-7-11-23)30(35(29)19-18-34(28,2)44-35)32(41)36-21-24-12-8-5-9-13-24/h4-17,26,28-30,39H,3,18-22H2,1-2H3,(H,36,41)(H,37,40)/t26-,28-,29+,30?,34+,35?/m1/s1. The average molecular weight is 598 g/mol. The van der Waals surface area contributed by atoms with Crippen molar-refractivity contribution in [2.45, 2.75) is 62.9 Å². The van der Waals surface area contributed by atoms with Crippen molar-refractivity contribution in [3.63, 3.8) is 0 Å². The lowest BCUT2D eigenvalue weighted by molar-refractivity contribution is -0.148. The van der Waals surface area contributed by atoms with Gasteiger partial charge >= 0.3 is 0 Å². The molecular weight excluding hydrogens is 558 g/mol. The summed E-state index contributed by atoms with van der Waals surface area (Å²) in [5, 5.41) is 16.6. The highest BCUT2D eigenvalue weighted by atomic mass is 16.5. The van der Waals surface area contributed by atoms with Gasteiger partial charge in [-0.15, -0.1) is 0 Å². The highest BCUT2D eigenvalue weighted by Crippen LogP contribution is 2.63. The number of likely N-dealkylation sites (tertiary alicyclic amines) is 1. The van der Waals surface area contributed by atoms with E-state index < -0.39 is 35.1 Å². The number of aliphatic hydroxyl groups is 1.